The Bertz CT molecular complexity index is 591. The summed E-state index contributed by atoms with van der Waals surface area (Å²) in [5.74, 6) is 0.562. The van der Waals surface area contributed by atoms with Crippen LogP contribution >= 0.6 is 0 Å². The van der Waals surface area contributed by atoms with Crippen LogP contribution in [0.2, 0.25) is 0 Å². The minimum Gasteiger partial charge on any atom is -0.317 e. The van der Waals surface area contributed by atoms with Crippen molar-refractivity contribution in [3.8, 4) is 0 Å². The number of amides is 1. The molecule has 1 atom stereocenters. The number of benzene rings is 1. The summed E-state index contributed by atoms with van der Waals surface area (Å²) in [6, 6.07) is 6.06. The Labute approximate surface area is 131 Å². The van der Waals surface area contributed by atoms with Crippen molar-refractivity contribution in [3.63, 3.8) is 0 Å². The molecule has 1 amide bonds. The Morgan fingerprint density at radius 1 is 1.27 bits per heavy atom. The third-order valence-electron chi connectivity index (χ3n) is 4.86. The molecule has 3 rings (SSSR count). The van der Waals surface area contributed by atoms with Crippen LogP contribution in [0.1, 0.15) is 49.0 Å². The number of carbonyl (C=O) groups excluding carboxylic acids is 2. The molecule has 22 heavy (non-hydrogen) atoms. The smallest absolute Gasteiger partial charge is 0.226 e. The van der Waals surface area contributed by atoms with Gasteiger partial charge in [-0.25, -0.2) is 0 Å². The third kappa shape index (κ3) is 2.68. The van der Waals surface area contributed by atoms with Gasteiger partial charge in [-0.15, -0.1) is 0 Å². The molecular weight excluding hydrogens is 276 g/mol. The van der Waals surface area contributed by atoms with Crippen molar-refractivity contribution in [3.05, 3.63) is 29.3 Å². The molecule has 0 aliphatic carbocycles. The summed E-state index contributed by atoms with van der Waals surface area (Å²) in [5.41, 5.74) is 2.93. The number of hydrogen-bond acceptors (Lipinski definition) is 3. The zero-order chi connectivity index (χ0) is 15.7. The highest BCUT2D eigenvalue weighted by Crippen LogP contribution is 2.34. The molecule has 2 aliphatic heterocycles. The molecule has 1 unspecified atom stereocenters. The second kappa shape index (κ2) is 6.21. The van der Waals surface area contributed by atoms with Crippen LogP contribution in [0.4, 0.5) is 5.69 Å². The van der Waals surface area contributed by atoms with Crippen LogP contribution in [0.3, 0.4) is 0 Å². The lowest BCUT2D eigenvalue weighted by Crippen LogP contribution is -2.35. The van der Waals surface area contributed by atoms with Crippen molar-refractivity contribution in [1.29, 1.82) is 0 Å². The summed E-state index contributed by atoms with van der Waals surface area (Å²) in [5, 5.41) is 3.30. The molecule has 0 saturated carbocycles. The van der Waals surface area contributed by atoms with E-state index in [1.165, 1.54) is 0 Å². The van der Waals surface area contributed by atoms with E-state index in [1.807, 2.05) is 30.0 Å². The van der Waals surface area contributed by atoms with E-state index in [2.05, 4.69) is 12.2 Å². The lowest BCUT2D eigenvalue weighted by molar-refractivity contribution is -0.118. The van der Waals surface area contributed by atoms with E-state index in [1.54, 1.807) is 0 Å². The molecule has 4 nitrogen and oxygen atoms in total. The van der Waals surface area contributed by atoms with Crippen molar-refractivity contribution in [2.24, 2.45) is 5.92 Å². The minimum atomic E-state index is 0.145. The highest BCUT2D eigenvalue weighted by molar-refractivity contribution is 6.00. The number of nitrogens with one attached hydrogen (secondary N) is 1. The third-order valence-corrected chi connectivity index (χ3v) is 4.86. The van der Waals surface area contributed by atoms with Crippen LogP contribution in [0.5, 0.6) is 0 Å². The molecule has 1 saturated heterocycles. The van der Waals surface area contributed by atoms with E-state index in [9.17, 15) is 9.59 Å². The molecule has 1 N–H and O–H groups in total. The number of carbonyl (C=O) groups is 2. The molecule has 1 aromatic rings. The fraction of sp³-hybridized carbons (Fsp3) is 0.556. The quantitative estimate of drug-likeness (QED) is 0.873. The Morgan fingerprint density at radius 2 is 2.00 bits per heavy atom. The molecule has 0 spiro atoms. The van der Waals surface area contributed by atoms with Gasteiger partial charge in [0.2, 0.25) is 5.91 Å². The van der Waals surface area contributed by atoms with E-state index >= 15 is 0 Å². The molecule has 0 aromatic heterocycles. The lowest BCUT2D eigenvalue weighted by atomic mass is 9.89. The Balaban J connectivity index is 1.84. The predicted octanol–water partition coefficient (Wildman–Crippen LogP) is 2.56. The van der Waals surface area contributed by atoms with Gasteiger partial charge in [0.15, 0.2) is 5.78 Å². The fourth-order valence-corrected chi connectivity index (χ4v) is 3.65. The van der Waals surface area contributed by atoms with Crippen LogP contribution < -0.4 is 10.2 Å². The van der Waals surface area contributed by atoms with Gasteiger partial charge in [-0.1, -0.05) is 6.92 Å². The van der Waals surface area contributed by atoms with Gasteiger partial charge in [0, 0.05) is 29.6 Å². The number of anilines is 1. The van der Waals surface area contributed by atoms with Crippen LogP contribution in [-0.2, 0) is 11.2 Å². The summed E-state index contributed by atoms with van der Waals surface area (Å²) in [7, 11) is 0. The molecule has 118 valence electrons. The second-order valence-electron chi connectivity index (χ2n) is 6.40. The van der Waals surface area contributed by atoms with Gasteiger partial charge in [0.1, 0.15) is 0 Å². The first kappa shape index (κ1) is 15.2. The first-order valence-corrected chi connectivity index (χ1v) is 8.31. The molecule has 0 radical (unpaired) electrons. The zero-order valence-electron chi connectivity index (χ0n) is 13.4. The maximum Gasteiger partial charge on any atom is 0.226 e. The van der Waals surface area contributed by atoms with Gasteiger partial charge >= 0.3 is 0 Å². The molecule has 2 aliphatic rings. The van der Waals surface area contributed by atoms with Crippen LogP contribution in [0.25, 0.3) is 0 Å². The predicted molar refractivity (Wildman–Crippen MR) is 87.3 cm³/mol. The maximum atomic E-state index is 12.6. The topological polar surface area (TPSA) is 49.4 Å². The maximum absolute atomic E-state index is 12.6. The normalized spacial score (nSPS) is 21.7. The van der Waals surface area contributed by atoms with Crippen LogP contribution in [0, 0.1) is 5.92 Å². The number of Topliss-reactive ketones (excluding diaryl/α,β-unsaturated/α-hetero) is 1. The number of hydrogen-bond donors (Lipinski definition) is 1. The Morgan fingerprint density at radius 3 is 2.68 bits per heavy atom. The fourth-order valence-electron chi connectivity index (χ4n) is 3.65. The molecule has 4 heteroatoms. The number of piperidine rings is 1. The SMILES string of the molecule is CCC(=O)N1c2ccc(C(=O)C3CCNCC3)cc2CC1C. The second-order valence-corrected chi connectivity index (χ2v) is 6.40. The van der Waals surface area contributed by atoms with E-state index in [0.717, 1.165) is 49.2 Å². The molecule has 2 heterocycles. The Hall–Kier alpha value is -1.68. The number of ketones is 1. The average molecular weight is 300 g/mol. The summed E-state index contributed by atoms with van der Waals surface area (Å²) < 4.78 is 0. The first-order valence-electron chi connectivity index (χ1n) is 8.31. The monoisotopic (exact) mass is 300 g/mol. The van der Waals surface area contributed by atoms with Gasteiger partial charge in [0.05, 0.1) is 0 Å². The van der Waals surface area contributed by atoms with Gasteiger partial charge < -0.3 is 10.2 Å². The summed E-state index contributed by atoms with van der Waals surface area (Å²) in [4.78, 5) is 26.6. The highest BCUT2D eigenvalue weighted by atomic mass is 16.2. The van der Waals surface area contributed by atoms with E-state index in [-0.39, 0.29) is 23.7 Å². The molecule has 1 aromatic carbocycles. The van der Waals surface area contributed by atoms with Crippen molar-refractivity contribution < 1.29 is 9.59 Å². The molecule has 0 bridgehead atoms. The molecule has 1 fully saturated rings. The standard InChI is InChI=1S/C18H24N2O2/c1-3-17(21)20-12(2)10-15-11-14(4-5-16(15)20)18(22)13-6-8-19-9-7-13/h4-5,11-13,19H,3,6-10H2,1-2H3. The van der Waals surface area contributed by atoms with Crippen molar-refractivity contribution >= 4 is 17.4 Å². The first-order chi connectivity index (χ1) is 10.6. The number of rotatable bonds is 3. The van der Waals surface area contributed by atoms with E-state index in [4.69, 9.17) is 0 Å². The summed E-state index contributed by atoms with van der Waals surface area (Å²) in [6.45, 7) is 5.82. The van der Waals surface area contributed by atoms with Crippen LogP contribution in [0.15, 0.2) is 18.2 Å². The van der Waals surface area contributed by atoms with Crippen molar-refractivity contribution in [2.45, 2.75) is 45.6 Å². The number of fused-ring (bicyclic) bond motifs is 1. The average Bonchev–Trinajstić information content (AvgIpc) is 2.89. The highest BCUT2D eigenvalue weighted by Gasteiger charge is 2.31. The minimum absolute atomic E-state index is 0.145. The van der Waals surface area contributed by atoms with Crippen molar-refractivity contribution in [2.75, 3.05) is 18.0 Å². The van der Waals surface area contributed by atoms with Gasteiger partial charge in [0.25, 0.3) is 0 Å². The Kier molecular flexibility index (Phi) is 4.30. The summed E-state index contributed by atoms with van der Waals surface area (Å²) in [6.07, 6.45) is 3.20. The van der Waals surface area contributed by atoms with Gasteiger partial charge in [-0.05, 0) is 63.0 Å². The van der Waals surface area contributed by atoms with Crippen molar-refractivity contribution in [1.82, 2.24) is 5.32 Å². The lowest BCUT2D eigenvalue weighted by Gasteiger charge is -2.23. The van der Waals surface area contributed by atoms with Gasteiger partial charge in [-0.2, -0.15) is 0 Å². The number of nitrogens with zero attached hydrogens (tertiary/aromatic N) is 1. The molecular formula is C18H24N2O2. The zero-order valence-corrected chi connectivity index (χ0v) is 13.4. The van der Waals surface area contributed by atoms with E-state index < -0.39 is 0 Å². The van der Waals surface area contributed by atoms with Crippen LogP contribution in [-0.4, -0.2) is 30.8 Å². The largest absolute Gasteiger partial charge is 0.317 e. The van der Waals surface area contributed by atoms with E-state index in [0.29, 0.717) is 6.42 Å². The van der Waals surface area contributed by atoms with Gasteiger partial charge in [-0.3, -0.25) is 9.59 Å². The summed E-state index contributed by atoms with van der Waals surface area (Å²) >= 11 is 0.